The first-order valence-electron chi connectivity index (χ1n) is 9.61. The van der Waals surface area contributed by atoms with Crippen LogP contribution >= 0.6 is 0 Å². The van der Waals surface area contributed by atoms with Gasteiger partial charge in [0.1, 0.15) is 0 Å². The van der Waals surface area contributed by atoms with E-state index >= 15 is 0 Å². The number of hydrogen-bond donors (Lipinski definition) is 0. The lowest BCUT2D eigenvalue weighted by atomic mass is 10.0. The predicted octanol–water partition coefficient (Wildman–Crippen LogP) is 6.71. The number of aryl methyl sites for hydroxylation is 4. The van der Waals surface area contributed by atoms with Gasteiger partial charge in [0.05, 0.1) is 22.8 Å². The second kappa shape index (κ2) is 7.40. The lowest BCUT2D eigenvalue weighted by molar-refractivity contribution is 1.23. The van der Waals surface area contributed by atoms with Gasteiger partial charge in [0.15, 0.2) is 0 Å². The van der Waals surface area contributed by atoms with Gasteiger partial charge in [-0.15, -0.1) is 0 Å². The predicted molar refractivity (Wildman–Crippen MR) is 117 cm³/mol. The molecule has 0 aliphatic rings. The van der Waals surface area contributed by atoms with Crippen molar-refractivity contribution < 1.29 is 0 Å². The van der Waals surface area contributed by atoms with Crippen LogP contribution in [-0.4, -0.2) is 9.97 Å². The van der Waals surface area contributed by atoms with Crippen molar-refractivity contribution in [3.05, 3.63) is 95.1 Å². The zero-order valence-electron chi connectivity index (χ0n) is 16.8. The molecule has 0 saturated carbocycles. The van der Waals surface area contributed by atoms with E-state index in [2.05, 4.69) is 88.4 Å². The van der Waals surface area contributed by atoms with E-state index in [9.17, 15) is 0 Å². The molecule has 2 heteroatoms. The molecule has 0 radical (unpaired) electrons. The monoisotopic (exact) mass is 364 g/mol. The van der Waals surface area contributed by atoms with Gasteiger partial charge in [0.2, 0.25) is 0 Å². The van der Waals surface area contributed by atoms with Crippen LogP contribution in [0, 0.1) is 27.7 Å². The highest BCUT2D eigenvalue weighted by Gasteiger charge is 2.09. The molecule has 2 nitrogen and oxygen atoms in total. The largest absolute Gasteiger partial charge is 0.246 e. The first-order chi connectivity index (χ1) is 13.5. The average molecular weight is 364 g/mol. The molecule has 2 aromatic heterocycles. The summed E-state index contributed by atoms with van der Waals surface area (Å²) in [6.45, 7) is 8.48. The standard InChI is InChI=1S/C26H24N2/c1-17-11-13-19(3)21(15-17)23-7-5-9-25(27-23)26-10-6-8-24(28-26)22-16-18(2)12-14-20(22)4/h5-16H,1-4H3. The molecular weight excluding hydrogens is 340 g/mol. The average Bonchev–Trinajstić information content (AvgIpc) is 2.72. The molecule has 0 N–H and O–H groups in total. The minimum Gasteiger partial charge on any atom is -0.246 e. The third-order valence-corrected chi connectivity index (χ3v) is 5.10. The normalized spacial score (nSPS) is 10.9. The Balaban J connectivity index is 1.78. The van der Waals surface area contributed by atoms with Crippen LogP contribution in [0.15, 0.2) is 72.8 Å². The highest BCUT2D eigenvalue weighted by atomic mass is 14.8. The third-order valence-electron chi connectivity index (χ3n) is 5.10. The maximum absolute atomic E-state index is 4.93. The smallest absolute Gasteiger partial charge is 0.0893 e. The Kier molecular flexibility index (Phi) is 4.79. The van der Waals surface area contributed by atoms with Crippen molar-refractivity contribution in [3.63, 3.8) is 0 Å². The molecular formula is C26H24N2. The maximum atomic E-state index is 4.93. The molecule has 138 valence electrons. The van der Waals surface area contributed by atoms with E-state index in [-0.39, 0.29) is 0 Å². The topological polar surface area (TPSA) is 25.8 Å². The lowest BCUT2D eigenvalue weighted by Crippen LogP contribution is -1.94. The molecule has 0 aliphatic carbocycles. The number of aromatic nitrogens is 2. The molecule has 0 spiro atoms. The van der Waals surface area contributed by atoms with Gasteiger partial charge in [-0.25, -0.2) is 9.97 Å². The van der Waals surface area contributed by atoms with Gasteiger partial charge < -0.3 is 0 Å². The summed E-state index contributed by atoms with van der Waals surface area (Å²) >= 11 is 0. The molecule has 2 heterocycles. The van der Waals surface area contributed by atoms with Gasteiger partial charge >= 0.3 is 0 Å². The summed E-state index contributed by atoms with van der Waals surface area (Å²) in [6.07, 6.45) is 0. The van der Waals surface area contributed by atoms with Gasteiger partial charge in [-0.1, -0.05) is 47.5 Å². The maximum Gasteiger partial charge on any atom is 0.0893 e. The van der Waals surface area contributed by atoms with E-state index in [4.69, 9.17) is 9.97 Å². The van der Waals surface area contributed by atoms with E-state index in [0.29, 0.717) is 0 Å². The number of nitrogens with zero attached hydrogens (tertiary/aromatic N) is 2. The van der Waals surface area contributed by atoms with Crippen molar-refractivity contribution >= 4 is 0 Å². The fourth-order valence-electron chi connectivity index (χ4n) is 3.48. The Hall–Kier alpha value is -3.26. The molecule has 28 heavy (non-hydrogen) atoms. The van der Waals surface area contributed by atoms with Crippen LogP contribution in [0.25, 0.3) is 33.9 Å². The lowest BCUT2D eigenvalue weighted by Gasteiger charge is -2.10. The second-order valence-electron chi connectivity index (χ2n) is 7.45. The zero-order valence-corrected chi connectivity index (χ0v) is 16.8. The number of rotatable bonds is 3. The van der Waals surface area contributed by atoms with Crippen LogP contribution in [0.4, 0.5) is 0 Å². The van der Waals surface area contributed by atoms with Crippen LogP contribution in [0.1, 0.15) is 22.3 Å². The van der Waals surface area contributed by atoms with Crippen molar-refractivity contribution in [1.29, 1.82) is 0 Å². The highest BCUT2D eigenvalue weighted by Crippen LogP contribution is 2.28. The number of hydrogen-bond acceptors (Lipinski definition) is 2. The van der Waals surface area contributed by atoms with Crippen molar-refractivity contribution in [3.8, 4) is 33.9 Å². The van der Waals surface area contributed by atoms with Gasteiger partial charge in [-0.3, -0.25) is 0 Å². The third kappa shape index (κ3) is 3.59. The fourth-order valence-corrected chi connectivity index (χ4v) is 3.48. The van der Waals surface area contributed by atoms with Crippen molar-refractivity contribution in [1.82, 2.24) is 9.97 Å². The second-order valence-corrected chi connectivity index (χ2v) is 7.45. The Morgan fingerprint density at radius 2 is 0.857 bits per heavy atom. The van der Waals surface area contributed by atoms with Crippen molar-refractivity contribution in [2.24, 2.45) is 0 Å². The number of benzene rings is 2. The van der Waals surface area contributed by atoms with E-state index in [1.807, 2.05) is 12.1 Å². The highest BCUT2D eigenvalue weighted by molar-refractivity contribution is 5.70. The van der Waals surface area contributed by atoms with E-state index in [0.717, 1.165) is 22.8 Å². The van der Waals surface area contributed by atoms with Gasteiger partial charge in [-0.2, -0.15) is 0 Å². The molecule has 0 aliphatic heterocycles. The summed E-state index contributed by atoms with van der Waals surface area (Å²) in [5.74, 6) is 0. The SMILES string of the molecule is Cc1ccc(C)c(-c2cccc(-c3cccc(-c4cc(C)ccc4C)n3)n2)c1. The molecule has 0 fully saturated rings. The van der Waals surface area contributed by atoms with Crippen LogP contribution in [0.5, 0.6) is 0 Å². The van der Waals surface area contributed by atoms with Gasteiger partial charge in [-0.05, 0) is 75.2 Å². The molecule has 4 rings (SSSR count). The Morgan fingerprint density at radius 3 is 1.29 bits per heavy atom. The molecule has 0 amide bonds. The summed E-state index contributed by atoms with van der Waals surface area (Å²) in [6, 6.07) is 25.3. The van der Waals surface area contributed by atoms with Crippen LogP contribution in [0.3, 0.4) is 0 Å². The van der Waals surface area contributed by atoms with Crippen molar-refractivity contribution in [2.45, 2.75) is 27.7 Å². The first kappa shape index (κ1) is 18.1. The minimum atomic E-state index is 0.894. The van der Waals surface area contributed by atoms with E-state index < -0.39 is 0 Å². The van der Waals surface area contributed by atoms with Crippen LogP contribution in [0.2, 0.25) is 0 Å². The first-order valence-corrected chi connectivity index (χ1v) is 9.61. The van der Waals surface area contributed by atoms with E-state index in [1.165, 1.54) is 33.4 Å². The fraction of sp³-hybridized carbons (Fsp3) is 0.154. The summed E-state index contributed by atoms with van der Waals surface area (Å²) in [4.78, 5) is 9.85. The molecule has 2 aromatic carbocycles. The summed E-state index contributed by atoms with van der Waals surface area (Å²) in [5.41, 5.74) is 11.0. The van der Waals surface area contributed by atoms with Crippen LogP contribution < -0.4 is 0 Å². The summed E-state index contributed by atoms with van der Waals surface area (Å²) in [5, 5.41) is 0. The Morgan fingerprint density at radius 1 is 0.464 bits per heavy atom. The van der Waals surface area contributed by atoms with E-state index in [1.54, 1.807) is 0 Å². The Labute approximate surface area is 167 Å². The van der Waals surface area contributed by atoms with Gasteiger partial charge in [0, 0.05) is 11.1 Å². The Bertz CT molecular complexity index is 1070. The quantitative estimate of drug-likeness (QED) is 0.404. The van der Waals surface area contributed by atoms with Crippen LogP contribution in [-0.2, 0) is 0 Å². The molecule has 0 saturated heterocycles. The molecule has 0 atom stereocenters. The zero-order chi connectivity index (χ0) is 19.7. The van der Waals surface area contributed by atoms with Gasteiger partial charge in [0.25, 0.3) is 0 Å². The summed E-state index contributed by atoms with van der Waals surface area (Å²) < 4.78 is 0. The number of pyridine rings is 2. The molecule has 0 unspecified atom stereocenters. The molecule has 0 bridgehead atoms. The molecule has 4 aromatic rings. The summed E-state index contributed by atoms with van der Waals surface area (Å²) in [7, 11) is 0. The minimum absolute atomic E-state index is 0.894. The van der Waals surface area contributed by atoms with Crippen molar-refractivity contribution in [2.75, 3.05) is 0 Å².